The van der Waals surface area contributed by atoms with Gasteiger partial charge in [-0.25, -0.2) is 8.78 Å². The van der Waals surface area contributed by atoms with Crippen molar-refractivity contribution in [3.8, 4) is 0 Å². The highest BCUT2D eigenvalue weighted by Crippen LogP contribution is 2.10. The number of carbonyl (C=O) groups excluding carboxylic acids is 2. The van der Waals surface area contributed by atoms with E-state index in [0.29, 0.717) is 18.6 Å². The fourth-order valence-corrected chi connectivity index (χ4v) is 1.57. The molecule has 1 aromatic rings. The van der Waals surface area contributed by atoms with Crippen molar-refractivity contribution < 1.29 is 27.8 Å². The van der Waals surface area contributed by atoms with E-state index in [1.807, 2.05) is 13.8 Å². The molecule has 0 bridgehead atoms. The Labute approximate surface area is 128 Å². The molecule has 122 valence electrons. The highest BCUT2D eigenvalue weighted by molar-refractivity contribution is 5.72. The molecular weight excluding hydrogens is 294 g/mol. The Morgan fingerprint density at radius 3 is 2.27 bits per heavy atom. The summed E-state index contributed by atoms with van der Waals surface area (Å²) in [4.78, 5) is 22.8. The molecule has 0 saturated carbocycles. The van der Waals surface area contributed by atoms with Gasteiger partial charge < -0.3 is 9.47 Å². The quantitative estimate of drug-likeness (QED) is 0.690. The van der Waals surface area contributed by atoms with Gasteiger partial charge >= 0.3 is 11.9 Å². The predicted molar refractivity (Wildman–Crippen MR) is 75.8 cm³/mol. The van der Waals surface area contributed by atoms with E-state index in [1.54, 1.807) is 0 Å². The van der Waals surface area contributed by atoms with Crippen LogP contribution in [0.4, 0.5) is 8.78 Å². The van der Waals surface area contributed by atoms with E-state index in [4.69, 9.17) is 9.47 Å². The standard InChI is InChI=1S/C16H20F2O4/c1-11(2)9-21-15(19)4-3-5-16(20)22-10-12-6-7-13(17)14(18)8-12/h6-8,11H,3-5,9-10H2,1-2H3. The Morgan fingerprint density at radius 1 is 1.05 bits per heavy atom. The zero-order valence-corrected chi connectivity index (χ0v) is 12.7. The molecule has 0 amide bonds. The molecule has 0 unspecified atom stereocenters. The fourth-order valence-electron chi connectivity index (χ4n) is 1.57. The Bertz CT molecular complexity index is 515. The molecule has 0 radical (unpaired) electrons. The summed E-state index contributed by atoms with van der Waals surface area (Å²) in [6.45, 7) is 4.10. The Balaban J connectivity index is 2.20. The summed E-state index contributed by atoms with van der Waals surface area (Å²) < 4.78 is 35.6. The van der Waals surface area contributed by atoms with Crippen molar-refractivity contribution in [2.75, 3.05) is 6.61 Å². The first-order chi connectivity index (χ1) is 10.4. The molecule has 0 heterocycles. The lowest BCUT2D eigenvalue weighted by atomic mass is 10.2. The smallest absolute Gasteiger partial charge is 0.306 e. The van der Waals surface area contributed by atoms with Gasteiger partial charge in [0.05, 0.1) is 6.61 Å². The minimum atomic E-state index is -0.985. The highest BCUT2D eigenvalue weighted by atomic mass is 19.2. The zero-order valence-electron chi connectivity index (χ0n) is 12.7. The topological polar surface area (TPSA) is 52.6 Å². The maximum absolute atomic E-state index is 13.0. The van der Waals surface area contributed by atoms with E-state index in [9.17, 15) is 18.4 Å². The molecule has 4 nitrogen and oxygen atoms in total. The van der Waals surface area contributed by atoms with Crippen LogP contribution in [0.3, 0.4) is 0 Å². The zero-order chi connectivity index (χ0) is 16.5. The second kappa shape index (κ2) is 9.12. The summed E-state index contributed by atoms with van der Waals surface area (Å²) in [7, 11) is 0. The van der Waals surface area contributed by atoms with Crippen LogP contribution in [0, 0.1) is 17.6 Å². The molecule has 0 N–H and O–H groups in total. The second-order valence-corrected chi connectivity index (χ2v) is 5.34. The van der Waals surface area contributed by atoms with Crippen LogP contribution in [-0.2, 0) is 25.7 Å². The molecule has 0 fully saturated rings. The first kappa shape index (κ1) is 18.1. The van der Waals surface area contributed by atoms with Crippen LogP contribution in [0.25, 0.3) is 0 Å². The van der Waals surface area contributed by atoms with Crippen molar-refractivity contribution in [1.82, 2.24) is 0 Å². The largest absolute Gasteiger partial charge is 0.465 e. The minimum Gasteiger partial charge on any atom is -0.465 e. The third kappa shape index (κ3) is 7.15. The van der Waals surface area contributed by atoms with Crippen molar-refractivity contribution in [2.45, 2.75) is 39.7 Å². The van der Waals surface area contributed by atoms with Crippen LogP contribution in [0.1, 0.15) is 38.7 Å². The summed E-state index contributed by atoms with van der Waals surface area (Å²) in [5.41, 5.74) is 0.364. The maximum Gasteiger partial charge on any atom is 0.306 e. The molecule has 0 aliphatic rings. The number of halogens is 2. The number of benzene rings is 1. The van der Waals surface area contributed by atoms with E-state index in [0.717, 1.165) is 12.1 Å². The summed E-state index contributed by atoms with van der Waals surface area (Å²) in [5, 5.41) is 0. The van der Waals surface area contributed by atoms with Gasteiger partial charge in [0.15, 0.2) is 11.6 Å². The van der Waals surface area contributed by atoms with Crippen molar-refractivity contribution in [2.24, 2.45) is 5.92 Å². The Morgan fingerprint density at radius 2 is 1.68 bits per heavy atom. The monoisotopic (exact) mass is 314 g/mol. The SMILES string of the molecule is CC(C)COC(=O)CCCC(=O)OCc1ccc(F)c(F)c1. The fraction of sp³-hybridized carbons (Fsp3) is 0.500. The van der Waals surface area contributed by atoms with Gasteiger partial charge in [-0.05, 0) is 30.0 Å². The Kier molecular flexibility index (Phi) is 7.49. The molecule has 1 rings (SSSR count). The van der Waals surface area contributed by atoms with E-state index in [-0.39, 0.29) is 31.3 Å². The van der Waals surface area contributed by atoms with E-state index < -0.39 is 17.6 Å². The van der Waals surface area contributed by atoms with Crippen molar-refractivity contribution in [3.63, 3.8) is 0 Å². The normalized spacial score (nSPS) is 10.6. The lowest BCUT2D eigenvalue weighted by Crippen LogP contribution is -2.11. The van der Waals surface area contributed by atoms with Gasteiger partial charge in [0.25, 0.3) is 0 Å². The first-order valence-electron chi connectivity index (χ1n) is 7.13. The van der Waals surface area contributed by atoms with Crippen LogP contribution in [0.2, 0.25) is 0 Å². The molecule has 0 aliphatic heterocycles. The minimum absolute atomic E-state index is 0.0699. The van der Waals surface area contributed by atoms with Gasteiger partial charge in [0.2, 0.25) is 0 Å². The number of ether oxygens (including phenoxy) is 2. The molecule has 0 aliphatic carbocycles. The first-order valence-corrected chi connectivity index (χ1v) is 7.13. The molecular formula is C16H20F2O4. The van der Waals surface area contributed by atoms with Gasteiger partial charge in [-0.15, -0.1) is 0 Å². The number of hydrogen-bond acceptors (Lipinski definition) is 4. The molecule has 0 spiro atoms. The van der Waals surface area contributed by atoms with E-state index >= 15 is 0 Å². The van der Waals surface area contributed by atoms with Gasteiger partial charge in [0.1, 0.15) is 6.61 Å². The second-order valence-electron chi connectivity index (χ2n) is 5.34. The van der Waals surface area contributed by atoms with Crippen LogP contribution >= 0.6 is 0 Å². The average Bonchev–Trinajstić information content (AvgIpc) is 2.46. The summed E-state index contributed by atoms with van der Waals surface area (Å²) in [6, 6.07) is 3.30. The Hall–Kier alpha value is -1.98. The summed E-state index contributed by atoms with van der Waals surface area (Å²) in [5.74, 6) is -2.51. The van der Waals surface area contributed by atoms with Crippen LogP contribution in [-0.4, -0.2) is 18.5 Å². The van der Waals surface area contributed by atoms with E-state index in [2.05, 4.69) is 0 Å². The van der Waals surface area contributed by atoms with Crippen LogP contribution < -0.4 is 0 Å². The molecule has 1 aromatic carbocycles. The third-order valence-corrected chi connectivity index (χ3v) is 2.72. The molecule has 0 aromatic heterocycles. The van der Waals surface area contributed by atoms with Crippen molar-refractivity contribution in [1.29, 1.82) is 0 Å². The predicted octanol–water partition coefficient (Wildman–Crippen LogP) is 3.38. The van der Waals surface area contributed by atoms with Crippen LogP contribution in [0.5, 0.6) is 0 Å². The number of esters is 2. The number of rotatable bonds is 8. The molecule has 6 heteroatoms. The van der Waals surface area contributed by atoms with Gasteiger partial charge in [-0.3, -0.25) is 9.59 Å². The summed E-state index contributed by atoms with van der Waals surface area (Å²) in [6.07, 6.45) is 0.543. The van der Waals surface area contributed by atoms with Gasteiger partial charge in [-0.1, -0.05) is 19.9 Å². The number of carbonyl (C=O) groups is 2. The molecule has 0 atom stereocenters. The highest BCUT2D eigenvalue weighted by Gasteiger charge is 2.09. The van der Waals surface area contributed by atoms with Crippen LogP contribution in [0.15, 0.2) is 18.2 Å². The van der Waals surface area contributed by atoms with Gasteiger partial charge in [0, 0.05) is 12.8 Å². The summed E-state index contributed by atoms with van der Waals surface area (Å²) >= 11 is 0. The van der Waals surface area contributed by atoms with Crippen molar-refractivity contribution >= 4 is 11.9 Å². The lowest BCUT2D eigenvalue weighted by molar-refractivity contribution is -0.146. The molecule has 0 saturated heterocycles. The molecule has 22 heavy (non-hydrogen) atoms. The van der Waals surface area contributed by atoms with Gasteiger partial charge in [-0.2, -0.15) is 0 Å². The van der Waals surface area contributed by atoms with Crippen molar-refractivity contribution in [3.05, 3.63) is 35.4 Å². The lowest BCUT2D eigenvalue weighted by Gasteiger charge is -2.07. The number of hydrogen-bond donors (Lipinski definition) is 0. The van der Waals surface area contributed by atoms with E-state index in [1.165, 1.54) is 6.07 Å². The maximum atomic E-state index is 13.0. The average molecular weight is 314 g/mol. The third-order valence-electron chi connectivity index (χ3n) is 2.72.